The lowest BCUT2D eigenvalue weighted by atomic mass is 10.0. The van der Waals surface area contributed by atoms with Gasteiger partial charge in [0.25, 0.3) is 0 Å². The molecule has 0 amide bonds. The zero-order chi connectivity index (χ0) is 8.85. The molecule has 0 aromatic heterocycles. The number of nitrogens with zero attached hydrogens (tertiary/aromatic N) is 1. The van der Waals surface area contributed by atoms with Crippen LogP contribution in [0.25, 0.3) is 0 Å². The van der Waals surface area contributed by atoms with Crippen molar-refractivity contribution < 1.29 is 0 Å². The van der Waals surface area contributed by atoms with Gasteiger partial charge in [0.15, 0.2) is 0 Å². The van der Waals surface area contributed by atoms with E-state index in [0.717, 1.165) is 18.9 Å². The molecule has 11 heavy (non-hydrogen) atoms. The van der Waals surface area contributed by atoms with Gasteiger partial charge in [-0.3, -0.25) is 0 Å². The summed E-state index contributed by atoms with van der Waals surface area (Å²) < 4.78 is 0. The number of hydrogen-bond donors (Lipinski definition) is 0. The van der Waals surface area contributed by atoms with E-state index in [1.165, 1.54) is 12.1 Å². The molecule has 0 aromatic carbocycles. The topological polar surface area (TPSA) is 3.24 Å². The van der Waals surface area contributed by atoms with E-state index in [1.54, 1.807) is 0 Å². The Morgan fingerprint density at radius 2 is 2.00 bits per heavy atom. The van der Waals surface area contributed by atoms with E-state index < -0.39 is 0 Å². The summed E-state index contributed by atoms with van der Waals surface area (Å²) in [6, 6.07) is 0. The van der Waals surface area contributed by atoms with Crippen molar-refractivity contribution in [1.82, 2.24) is 4.90 Å². The van der Waals surface area contributed by atoms with E-state index >= 15 is 0 Å². The molecule has 0 aliphatic heterocycles. The van der Waals surface area contributed by atoms with E-state index in [4.69, 9.17) is 0 Å². The molecule has 1 atom stereocenters. The van der Waals surface area contributed by atoms with E-state index in [9.17, 15) is 0 Å². The van der Waals surface area contributed by atoms with Crippen LogP contribution >= 0.6 is 0 Å². The summed E-state index contributed by atoms with van der Waals surface area (Å²) in [5, 5.41) is 0. The fraction of sp³-hybridized carbons (Fsp3) is 0.800. The fourth-order valence-corrected chi connectivity index (χ4v) is 0.926. The van der Waals surface area contributed by atoms with E-state index in [-0.39, 0.29) is 0 Å². The maximum Gasteiger partial charge on any atom is 0.0143 e. The maximum absolute atomic E-state index is 4.04. The van der Waals surface area contributed by atoms with Gasteiger partial charge in [0, 0.05) is 19.3 Å². The van der Waals surface area contributed by atoms with E-state index in [1.807, 2.05) is 0 Å². The molecular formula is C10H21N. The van der Waals surface area contributed by atoms with Crippen LogP contribution in [0.5, 0.6) is 0 Å². The third-order valence-electron chi connectivity index (χ3n) is 2.30. The zero-order valence-corrected chi connectivity index (χ0v) is 8.35. The van der Waals surface area contributed by atoms with Crippen molar-refractivity contribution in [2.75, 3.05) is 13.6 Å². The summed E-state index contributed by atoms with van der Waals surface area (Å²) in [6.45, 7) is 11.8. The van der Waals surface area contributed by atoms with Crippen molar-refractivity contribution in [3.8, 4) is 0 Å². The molecule has 0 N–H and O–H groups in total. The van der Waals surface area contributed by atoms with E-state index in [0.29, 0.717) is 0 Å². The molecule has 0 radical (unpaired) electrons. The average molecular weight is 155 g/mol. The molecule has 66 valence electrons. The zero-order valence-electron chi connectivity index (χ0n) is 8.35. The SMILES string of the molecule is C=C(C[C@@H](C)CC)N(C)CC. The van der Waals surface area contributed by atoms with Gasteiger partial charge in [0.05, 0.1) is 0 Å². The molecule has 0 unspecified atom stereocenters. The molecule has 0 spiro atoms. The standard InChI is InChI=1S/C10H21N/c1-6-9(3)8-10(4)11(5)7-2/h9H,4,6-8H2,1-3,5H3/t9-/m0/s1. The van der Waals surface area contributed by atoms with Crippen LogP contribution in [-0.4, -0.2) is 18.5 Å². The lowest BCUT2D eigenvalue weighted by Crippen LogP contribution is -2.17. The minimum atomic E-state index is 0.775. The van der Waals surface area contributed by atoms with Crippen LogP contribution in [0.1, 0.15) is 33.6 Å². The van der Waals surface area contributed by atoms with Crippen molar-refractivity contribution in [1.29, 1.82) is 0 Å². The van der Waals surface area contributed by atoms with Gasteiger partial charge in [-0.2, -0.15) is 0 Å². The highest BCUT2D eigenvalue weighted by atomic mass is 15.1. The number of rotatable bonds is 5. The first-order valence-electron chi connectivity index (χ1n) is 4.50. The van der Waals surface area contributed by atoms with Gasteiger partial charge in [0.1, 0.15) is 0 Å². The molecule has 0 rings (SSSR count). The maximum atomic E-state index is 4.04. The predicted molar refractivity (Wildman–Crippen MR) is 51.5 cm³/mol. The largest absolute Gasteiger partial charge is 0.379 e. The smallest absolute Gasteiger partial charge is 0.0143 e. The van der Waals surface area contributed by atoms with Gasteiger partial charge in [-0.25, -0.2) is 0 Å². The molecule has 0 saturated heterocycles. The lowest BCUT2D eigenvalue weighted by molar-refractivity contribution is 0.393. The Balaban J connectivity index is 3.68. The van der Waals surface area contributed by atoms with Gasteiger partial charge < -0.3 is 4.90 Å². The van der Waals surface area contributed by atoms with Crippen LogP contribution in [0.3, 0.4) is 0 Å². The molecule has 0 aliphatic rings. The summed E-state index contributed by atoms with van der Waals surface area (Å²) >= 11 is 0. The fourth-order valence-electron chi connectivity index (χ4n) is 0.926. The lowest BCUT2D eigenvalue weighted by Gasteiger charge is -2.21. The molecule has 0 aliphatic carbocycles. The van der Waals surface area contributed by atoms with Crippen molar-refractivity contribution >= 4 is 0 Å². The van der Waals surface area contributed by atoms with Crippen LogP contribution in [0, 0.1) is 5.92 Å². The van der Waals surface area contributed by atoms with Crippen LogP contribution < -0.4 is 0 Å². The first-order chi connectivity index (χ1) is 5.11. The Kier molecular flexibility index (Phi) is 5.01. The molecular weight excluding hydrogens is 134 g/mol. The minimum Gasteiger partial charge on any atom is -0.379 e. The van der Waals surface area contributed by atoms with Gasteiger partial charge in [-0.1, -0.05) is 26.8 Å². The van der Waals surface area contributed by atoms with Crippen molar-refractivity contribution in [3.05, 3.63) is 12.3 Å². The second-order valence-corrected chi connectivity index (χ2v) is 3.30. The highest BCUT2D eigenvalue weighted by Gasteiger charge is 2.04. The third-order valence-corrected chi connectivity index (χ3v) is 2.30. The van der Waals surface area contributed by atoms with Crippen molar-refractivity contribution in [2.24, 2.45) is 5.92 Å². The summed E-state index contributed by atoms with van der Waals surface area (Å²) in [7, 11) is 2.10. The van der Waals surface area contributed by atoms with Crippen molar-refractivity contribution in [2.45, 2.75) is 33.6 Å². The second-order valence-electron chi connectivity index (χ2n) is 3.30. The van der Waals surface area contributed by atoms with Gasteiger partial charge in [0.2, 0.25) is 0 Å². The quantitative estimate of drug-likeness (QED) is 0.590. The summed E-state index contributed by atoms with van der Waals surface area (Å²) in [5.74, 6) is 0.775. The molecule has 0 fully saturated rings. The Hall–Kier alpha value is -0.460. The Morgan fingerprint density at radius 3 is 2.36 bits per heavy atom. The molecule has 0 aromatic rings. The Labute approximate surface area is 71.1 Å². The monoisotopic (exact) mass is 155 g/mol. The van der Waals surface area contributed by atoms with Gasteiger partial charge in [-0.15, -0.1) is 0 Å². The molecule has 0 heterocycles. The molecule has 1 nitrogen and oxygen atoms in total. The molecule has 0 saturated carbocycles. The van der Waals surface area contributed by atoms with Crippen LogP contribution in [-0.2, 0) is 0 Å². The second kappa shape index (κ2) is 5.22. The predicted octanol–water partition coefficient (Wildman–Crippen LogP) is 2.89. The van der Waals surface area contributed by atoms with Crippen LogP contribution in [0.2, 0.25) is 0 Å². The Bertz CT molecular complexity index is 118. The Morgan fingerprint density at radius 1 is 1.45 bits per heavy atom. The summed E-state index contributed by atoms with van der Waals surface area (Å²) in [6.07, 6.45) is 2.39. The summed E-state index contributed by atoms with van der Waals surface area (Å²) in [4.78, 5) is 2.21. The number of hydrogen-bond acceptors (Lipinski definition) is 1. The first kappa shape index (κ1) is 10.5. The van der Waals surface area contributed by atoms with Crippen molar-refractivity contribution in [3.63, 3.8) is 0 Å². The summed E-state index contributed by atoms with van der Waals surface area (Å²) in [5.41, 5.74) is 1.27. The van der Waals surface area contributed by atoms with Crippen LogP contribution in [0.4, 0.5) is 0 Å². The third kappa shape index (κ3) is 4.07. The highest BCUT2D eigenvalue weighted by Crippen LogP contribution is 2.14. The highest BCUT2D eigenvalue weighted by molar-refractivity contribution is 4.92. The minimum absolute atomic E-state index is 0.775. The number of allylic oxidation sites excluding steroid dienone is 1. The molecule has 0 bridgehead atoms. The van der Waals surface area contributed by atoms with Gasteiger partial charge in [-0.05, 0) is 19.3 Å². The normalized spacial score (nSPS) is 12.7. The van der Waals surface area contributed by atoms with E-state index in [2.05, 4.69) is 39.3 Å². The molecule has 1 heteroatoms. The van der Waals surface area contributed by atoms with Crippen LogP contribution in [0.15, 0.2) is 12.3 Å². The average Bonchev–Trinajstić information content (AvgIpc) is 2.02. The first-order valence-corrected chi connectivity index (χ1v) is 4.50. The van der Waals surface area contributed by atoms with Gasteiger partial charge >= 0.3 is 0 Å².